The lowest BCUT2D eigenvalue weighted by Gasteiger charge is -2.15. The lowest BCUT2D eigenvalue weighted by Crippen LogP contribution is -2.11. The van der Waals surface area contributed by atoms with Crippen molar-refractivity contribution in [3.63, 3.8) is 0 Å². The van der Waals surface area contributed by atoms with Gasteiger partial charge in [0.2, 0.25) is 0 Å². The van der Waals surface area contributed by atoms with Gasteiger partial charge in [-0.25, -0.2) is 4.79 Å². The van der Waals surface area contributed by atoms with Crippen molar-refractivity contribution in [1.82, 2.24) is 0 Å². The monoisotopic (exact) mass is 363 g/mol. The first-order chi connectivity index (χ1) is 11.4. The molecule has 134 valence electrons. The van der Waals surface area contributed by atoms with E-state index >= 15 is 0 Å². The van der Waals surface area contributed by atoms with Crippen molar-refractivity contribution >= 4 is 11.7 Å². The summed E-state index contributed by atoms with van der Waals surface area (Å²) in [5.74, 6) is -0.738. The Hall–Kier alpha value is -2.71. The number of esters is 1. The number of carbonyl (C=O) groups excluding carboxylic acids is 1. The number of anilines is 1. The van der Waals surface area contributed by atoms with Gasteiger partial charge < -0.3 is 10.5 Å². The van der Waals surface area contributed by atoms with Crippen LogP contribution in [0.25, 0.3) is 11.1 Å². The first kappa shape index (κ1) is 18.6. The molecule has 2 rings (SSSR count). The predicted molar refractivity (Wildman–Crippen MR) is 77.6 cm³/mol. The number of ether oxygens (including phenoxy) is 1. The third-order valence-corrected chi connectivity index (χ3v) is 3.37. The number of alkyl halides is 6. The fourth-order valence-electron chi connectivity index (χ4n) is 2.18. The van der Waals surface area contributed by atoms with Gasteiger partial charge in [-0.1, -0.05) is 6.07 Å². The molecule has 3 nitrogen and oxygen atoms in total. The molecule has 0 aliphatic carbocycles. The number of nitrogen functional groups attached to an aromatic ring is 1. The zero-order valence-electron chi connectivity index (χ0n) is 12.6. The molecule has 0 saturated heterocycles. The highest BCUT2D eigenvalue weighted by molar-refractivity contribution is 5.92. The van der Waals surface area contributed by atoms with E-state index in [0.29, 0.717) is 12.1 Å². The fourth-order valence-corrected chi connectivity index (χ4v) is 2.18. The SMILES string of the molecule is COC(=O)c1ccc(-c2cc(C(F)(F)F)cc(C(F)(F)F)c2)c(N)c1. The van der Waals surface area contributed by atoms with Crippen molar-refractivity contribution in [2.75, 3.05) is 12.8 Å². The van der Waals surface area contributed by atoms with Gasteiger partial charge in [0.15, 0.2) is 0 Å². The molecule has 0 aromatic heterocycles. The molecule has 2 N–H and O–H groups in total. The molecule has 25 heavy (non-hydrogen) atoms. The van der Waals surface area contributed by atoms with Gasteiger partial charge in [-0.3, -0.25) is 0 Å². The molecule has 0 aliphatic rings. The first-order valence-corrected chi connectivity index (χ1v) is 6.71. The van der Waals surface area contributed by atoms with Crippen LogP contribution in [-0.2, 0) is 17.1 Å². The Morgan fingerprint density at radius 2 is 1.44 bits per heavy atom. The van der Waals surface area contributed by atoms with Crippen molar-refractivity contribution < 1.29 is 35.9 Å². The first-order valence-electron chi connectivity index (χ1n) is 6.71. The number of carbonyl (C=O) groups is 1. The van der Waals surface area contributed by atoms with Gasteiger partial charge in [0.05, 0.1) is 23.8 Å². The molecule has 9 heteroatoms. The zero-order valence-corrected chi connectivity index (χ0v) is 12.6. The van der Waals surface area contributed by atoms with Crippen LogP contribution in [0.5, 0.6) is 0 Å². The fraction of sp³-hybridized carbons (Fsp3) is 0.188. The van der Waals surface area contributed by atoms with E-state index in [9.17, 15) is 31.1 Å². The second kappa shape index (κ2) is 6.30. The van der Waals surface area contributed by atoms with Gasteiger partial charge in [0.25, 0.3) is 0 Å². The topological polar surface area (TPSA) is 52.3 Å². The summed E-state index contributed by atoms with van der Waals surface area (Å²) in [7, 11) is 1.12. The largest absolute Gasteiger partial charge is 0.465 e. The highest BCUT2D eigenvalue weighted by atomic mass is 19.4. The summed E-state index contributed by atoms with van der Waals surface area (Å²) in [4.78, 5) is 11.4. The van der Waals surface area contributed by atoms with E-state index in [1.54, 1.807) is 0 Å². The Morgan fingerprint density at radius 1 is 0.920 bits per heavy atom. The van der Waals surface area contributed by atoms with Crippen molar-refractivity contribution in [3.8, 4) is 11.1 Å². The Bertz CT molecular complexity index is 779. The summed E-state index contributed by atoms with van der Waals surface area (Å²) in [5, 5.41) is 0. The standard InChI is InChI=1S/C16H11F6NO2/c1-25-14(24)8-2-3-12(13(23)6-8)9-4-10(15(17,18)19)7-11(5-9)16(20,21)22/h2-7H,23H2,1H3. The van der Waals surface area contributed by atoms with Gasteiger partial charge in [-0.05, 0) is 35.9 Å². The number of halogens is 6. The van der Waals surface area contributed by atoms with Crippen LogP contribution >= 0.6 is 0 Å². The normalized spacial score (nSPS) is 12.1. The number of nitrogens with two attached hydrogens (primary N) is 1. The van der Waals surface area contributed by atoms with E-state index in [1.807, 2.05) is 0 Å². The van der Waals surface area contributed by atoms with Crippen LogP contribution in [0.2, 0.25) is 0 Å². The van der Waals surface area contributed by atoms with Gasteiger partial charge in [-0.15, -0.1) is 0 Å². The van der Waals surface area contributed by atoms with E-state index in [-0.39, 0.29) is 28.4 Å². The maximum atomic E-state index is 12.9. The van der Waals surface area contributed by atoms with Crippen LogP contribution in [0.15, 0.2) is 36.4 Å². The molecular formula is C16H11F6NO2. The molecule has 0 bridgehead atoms. The summed E-state index contributed by atoms with van der Waals surface area (Å²) >= 11 is 0. The zero-order chi connectivity index (χ0) is 19.0. The lowest BCUT2D eigenvalue weighted by atomic mass is 9.97. The van der Waals surface area contributed by atoms with Crippen LogP contribution in [-0.4, -0.2) is 13.1 Å². The minimum absolute atomic E-state index is 0.0202. The number of hydrogen-bond acceptors (Lipinski definition) is 3. The number of rotatable bonds is 2. The Balaban J connectivity index is 2.64. The van der Waals surface area contributed by atoms with Crippen molar-refractivity contribution in [3.05, 3.63) is 53.1 Å². The van der Waals surface area contributed by atoms with Crippen LogP contribution in [0.1, 0.15) is 21.5 Å². The van der Waals surface area contributed by atoms with Crippen LogP contribution in [0.4, 0.5) is 32.0 Å². The molecule has 0 fully saturated rings. The minimum Gasteiger partial charge on any atom is -0.465 e. The van der Waals surface area contributed by atoms with E-state index < -0.39 is 29.4 Å². The highest BCUT2D eigenvalue weighted by Gasteiger charge is 2.37. The molecule has 0 radical (unpaired) electrons. The lowest BCUT2D eigenvalue weighted by molar-refractivity contribution is -0.143. The molecule has 0 atom stereocenters. The van der Waals surface area contributed by atoms with E-state index in [1.165, 1.54) is 6.07 Å². The Labute approximate surface area is 138 Å². The average Bonchev–Trinajstić information content (AvgIpc) is 2.51. The maximum absolute atomic E-state index is 12.9. The molecule has 0 aliphatic heterocycles. The summed E-state index contributed by atoms with van der Waals surface area (Å²) in [5.41, 5.74) is 2.23. The second-order valence-electron chi connectivity index (χ2n) is 5.09. The van der Waals surface area contributed by atoms with Gasteiger partial charge in [0.1, 0.15) is 0 Å². The minimum atomic E-state index is -4.96. The maximum Gasteiger partial charge on any atom is 0.416 e. The summed E-state index contributed by atoms with van der Waals surface area (Å²) in [6.45, 7) is 0. The van der Waals surface area contributed by atoms with E-state index in [0.717, 1.165) is 19.2 Å². The van der Waals surface area contributed by atoms with E-state index in [2.05, 4.69) is 4.74 Å². The summed E-state index contributed by atoms with van der Waals surface area (Å²) in [6.07, 6.45) is -9.92. The Morgan fingerprint density at radius 3 is 1.84 bits per heavy atom. The van der Waals surface area contributed by atoms with Crippen LogP contribution in [0.3, 0.4) is 0 Å². The predicted octanol–water partition coefficient (Wildman–Crippen LogP) is 4.76. The van der Waals surface area contributed by atoms with Crippen LogP contribution < -0.4 is 5.73 Å². The number of methoxy groups -OCH3 is 1. The van der Waals surface area contributed by atoms with Gasteiger partial charge in [-0.2, -0.15) is 26.3 Å². The van der Waals surface area contributed by atoms with Crippen molar-refractivity contribution in [2.24, 2.45) is 0 Å². The third-order valence-electron chi connectivity index (χ3n) is 3.37. The summed E-state index contributed by atoms with van der Waals surface area (Å²) in [6, 6.07) is 4.65. The highest BCUT2D eigenvalue weighted by Crippen LogP contribution is 2.39. The second-order valence-corrected chi connectivity index (χ2v) is 5.09. The van der Waals surface area contributed by atoms with Gasteiger partial charge >= 0.3 is 18.3 Å². The van der Waals surface area contributed by atoms with Gasteiger partial charge in [0, 0.05) is 11.3 Å². The molecule has 0 unspecified atom stereocenters. The Kier molecular flexibility index (Phi) is 4.70. The smallest absolute Gasteiger partial charge is 0.416 e. The molecule has 0 amide bonds. The van der Waals surface area contributed by atoms with Crippen LogP contribution in [0, 0.1) is 0 Å². The molecule has 0 saturated carbocycles. The average molecular weight is 363 g/mol. The molecule has 0 spiro atoms. The summed E-state index contributed by atoms with van der Waals surface area (Å²) < 4.78 is 81.9. The molecular weight excluding hydrogens is 352 g/mol. The third kappa shape index (κ3) is 4.04. The number of benzene rings is 2. The van der Waals surface area contributed by atoms with E-state index in [4.69, 9.17) is 5.73 Å². The number of hydrogen-bond donors (Lipinski definition) is 1. The quantitative estimate of drug-likeness (QED) is 0.476. The molecule has 2 aromatic rings. The van der Waals surface area contributed by atoms with Crippen molar-refractivity contribution in [1.29, 1.82) is 0 Å². The van der Waals surface area contributed by atoms with Crippen molar-refractivity contribution in [2.45, 2.75) is 12.4 Å². The molecule has 2 aromatic carbocycles. The molecule has 0 heterocycles.